The number of imidazole rings is 1. The average Bonchev–Trinajstić information content (AvgIpc) is 2.95. The van der Waals surface area contributed by atoms with E-state index in [1.54, 1.807) is 11.3 Å². The standard InChI is InChI=1S/C14H12Cl2N2S/c1-9-5-6-10(19-9)8-18-13(7-15)17-12-4-2-3-11(16)14(12)18/h2-6H,7-8H2,1H3. The molecule has 0 fully saturated rings. The van der Waals surface area contributed by atoms with E-state index in [0.717, 1.165) is 28.4 Å². The molecule has 0 aliphatic carbocycles. The van der Waals surface area contributed by atoms with Crippen molar-refractivity contribution in [2.45, 2.75) is 19.3 Å². The summed E-state index contributed by atoms with van der Waals surface area (Å²) in [6, 6.07) is 10.0. The van der Waals surface area contributed by atoms with Gasteiger partial charge < -0.3 is 4.57 Å². The first-order valence-electron chi connectivity index (χ1n) is 5.94. The van der Waals surface area contributed by atoms with E-state index in [9.17, 15) is 0 Å². The SMILES string of the molecule is Cc1ccc(Cn2c(CCl)nc3cccc(Cl)c32)s1. The summed E-state index contributed by atoms with van der Waals surface area (Å²) in [5.41, 5.74) is 1.86. The van der Waals surface area contributed by atoms with Gasteiger partial charge in [0.2, 0.25) is 0 Å². The van der Waals surface area contributed by atoms with Gasteiger partial charge in [0, 0.05) is 9.75 Å². The minimum Gasteiger partial charge on any atom is -0.320 e. The van der Waals surface area contributed by atoms with Gasteiger partial charge in [0.05, 0.1) is 28.5 Å². The van der Waals surface area contributed by atoms with Gasteiger partial charge in [-0.3, -0.25) is 0 Å². The van der Waals surface area contributed by atoms with Crippen LogP contribution in [-0.2, 0) is 12.4 Å². The molecule has 3 aromatic rings. The molecule has 0 aliphatic heterocycles. The molecule has 0 spiro atoms. The Morgan fingerprint density at radius 2 is 2.11 bits per heavy atom. The summed E-state index contributed by atoms with van der Waals surface area (Å²) < 4.78 is 2.11. The van der Waals surface area contributed by atoms with Gasteiger partial charge in [0.15, 0.2) is 0 Å². The predicted molar refractivity (Wildman–Crippen MR) is 82.5 cm³/mol. The van der Waals surface area contributed by atoms with Crippen molar-refractivity contribution >= 4 is 45.6 Å². The van der Waals surface area contributed by atoms with Crippen molar-refractivity contribution in [2.75, 3.05) is 0 Å². The zero-order chi connectivity index (χ0) is 13.4. The zero-order valence-corrected chi connectivity index (χ0v) is 12.7. The van der Waals surface area contributed by atoms with Crippen molar-refractivity contribution in [3.8, 4) is 0 Å². The normalized spacial score (nSPS) is 11.3. The van der Waals surface area contributed by atoms with Gasteiger partial charge in [-0.05, 0) is 31.2 Å². The predicted octanol–water partition coefficient (Wildman–Crippen LogP) is 4.85. The lowest BCUT2D eigenvalue weighted by Crippen LogP contribution is -2.02. The second kappa shape index (κ2) is 5.16. The summed E-state index contributed by atoms with van der Waals surface area (Å²) in [6.45, 7) is 2.87. The number of alkyl halides is 1. The number of rotatable bonds is 3. The Hall–Kier alpha value is -1.03. The van der Waals surface area contributed by atoms with Crippen LogP contribution in [0.15, 0.2) is 30.3 Å². The Morgan fingerprint density at radius 1 is 1.26 bits per heavy atom. The second-order valence-electron chi connectivity index (χ2n) is 4.37. The average molecular weight is 311 g/mol. The van der Waals surface area contributed by atoms with Gasteiger partial charge in [0.1, 0.15) is 5.82 Å². The molecule has 5 heteroatoms. The van der Waals surface area contributed by atoms with E-state index in [4.69, 9.17) is 23.2 Å². The molecule has 1 aromatic carbocycles. The highest BCUT2D eigenvalue weighted by atomic mass is 35.5. The highest BCUT2D eigenvalue weighted by molar-refractivity contribution is 7.11. The summed E-state index contributed by atoms with van der Waals surface area (Å²) in [5, 5.41) is 0.717. The maximum Gasteiger partial charge on any atom is 0.125 e. The molecular formula is C14H12Cl2N2S. The fraction of sp³-hybridized carbons (Fsp3) is 0.214. The van der Waals surface area contributed by atoms with Crippen molar-refractivity contribution < 1.29 is 0 Å². The lowest BCUT2D eigenvalue weighted by molar-refractivity contribution is 0.789. The molecule has 0 unspecified atom stereocenters. The molecule has 98 valence electrons. The lowest BCUT2D eigenvalue weighted by atomic mass is 10.3. The Morgan fingerprint density at radius 3 is 2.79 bits per heavy atom. The van der Waals surface area contributed by atoms with Crippen LogP contribution in [0.1, 0.15) is 15.6 Å². The maximum absolute atomic E-state index is 6.30. The third-order valence-electron chi connectivity index (χ3n) is 3.03. The molecule has 2 heterocycles. The summed E-state index contributed by atoms with van der Waals surface area (Å²) in [5.74, 6) is 1.24. The van der Waals surface area contributed by atoms with E-state index in [0.29, 0.717) is 5.88 Å². The van der Waals surface area contributed by atoms with Crippen molar-refractivity contribution in [1.82, 2.24) is 9.55 Å². The Bertz CT molecular complexity index is 730. The Labute approximate surface area is 125 Å². The fourth-order valence-corrected chi connectivity index (χ4v) is 3.54. The van der Waals surface area contributed by atoms with E-state index in [1.165, 1.54) is 9.75 Å². The number of halogens is 2. The molecule has 2 nitrogen and oxygen atoms in total. The largest absolute Gasteiger partial charge is 0.320 e. The van der Waals surface area contributed by atoms with Crippen LogP contribution in [-0.4, -0.2) is 9.55 Å². The first-order valence-corrected chi connectivity index (χ1v) is 7.67. The number of hydrogen-bond acceptors (Lipinski definition) is 2. The van der Waals surface area contributed by atoms with Crippen LogP contribution >= 0.6 is 34.5 Å². The summed E-state index contributed by atoms with van der Waals surface area (Å²) >= 11 is 14.1. The number of hydrogen-bond donors (Lipinski definition) is 0. The van der Waals surface area contributed by atoms with E-state index in [1.807, 2.05) is 18.2 Å². The quantitative estimate of drug-likeness (QED) is 0.632. The first-order chi connectivity index (χ1) is 9.19. The lowest BCUT2D eigenvalue weighted by Gasteiger charge is -2.07. The molecule has 19 heavy (non-hydrogen) atoms. The van der Waals surface area contributed by atoms with E-state index < -0.39 is 0 Å². The number of benzene rings is 1. The first kappa shape index (κ1) is 13.0. The number of aryl methyl sites for hydroxylation is 1. The van der Waals surface area contributed by atoms with Crippen LogP contribution in [0.4, 0.5) is 0 Å². The third-order valence-corrected chi connectivity index (χ3v) is 4.56. The van der Waals surface area contributed by atoms with Crippen LogP contribution in [0.3, 0.4) is 0 Å². The van der Waals surface area contributed by atoms with E-state index >= 15 is 0 Å². The van der Waals surface area contributed by atoms with Crippen molar-refractivity contribution in [3.63, 3.8) is 0 Å². The molecule has 3 rings (SSSR count). The van der Waals surface area contributed by atoms with Crippen molar-refractivity contribution in [3.05, 3.63) is 50.9 Å². The van der Waals surface area contributed by atoms with Crippen LogP contribution < -0.4 is 0 Å². The minimum atomic E-state index is 0.384. The minimum absolute atomic E-state index is 0.384. The van der Waals surface area contributed by atoms with Gasteiger partial charge in [0.25, 0.3) is 0 Å². The molecule has 0 N–H and O–H groups in total. The molecule has 0 aliphatic rings. The molecule has 0 bridgehead atoms. The zero-order valence-electron chi connectivity index (χ0n) is 10.4. The smallest absolute Gasteiger partial charge is 0.125 e. The van der Waals surface area contributed by atoms with Crippen LogP contribution in [0.2, 0.25) is 5.02 Å². The highest BCUT2D eigenvalue weighted by Crippen LogP contribution is 2.27. The monoisotopic (exact) mass is 310 g/mol. The molecule has 0 saturated heterocycles. The highest BCUT2D eigenvalue weighted by Gasteiger charge is 2.13. The molecule has 0 saturated carbocycles. The number of thiophene rings is 1. The number of aromatic nitrogens is 2. The van der Waals surface area contributed by atoms with Crippen LogP contribution in [0, 0.1) is 6.92 Å². The topological polar surface area (TPSA) is 17.8 Å². The second-order valence-corrected chi connectivity index (χ2v) is 6.41. The Balaban J connectivity index is 2.15. The van der Waals surface area contributed by atoms with Gasteiger partial charge in [-0.25, -0.2) is 4.98 Å². The molecular weight excluding hydrogens is 299 g/mol. The number of para-hydroxylation sites is 1. The van der Waals surface area contributed by atoms with E-state index in [-0.39, 0.29) is 0 Å². The van der Waals surface area contributed by atoms with Gasteiger partial charge in [-0.2, -0.15) is 0 Å². The van der Waals surface area contributed by atoms with Gasteiger partial charge in [-0.1, -0.05) is 17.7 Å². The molecule has 0 amide bonds. The van der Waals surface area contributed by atoms with Crippen molar-refractivity contribution in [1.29, 1.82) is 0 Å². The molecule has 0 radical (unpaired) electrons. The van der Waals surface area contributed by atoms with Crippen LogP contribution in [0.5, 0.6) is 0 Å². The summed E-state index contributed by atoms with van der Waals surface area (Å²) in [7, 11) is 0. The molecule has 0 atom stereocenters. The number of fused-ring (bicyclic) bond motifs is 1. The van der Waals surface area contributed by atoms with E-state index in [2.05, 4.69) is 28.6 Å². The van der Waals surface area contributed by atoms with Crippen molar-refractivity contribution in [2.24, 2.45) is 0 Å². The van der Waals surface area contributed by atoms with Gasteiger partial charge in [-0.15, -0.1) is 22.9 Å². The van der Waals surface area contributed by atoms with Gasteiger partial charge >= 0.3 is 0 Å². The summed E-state index contributed by atoms with van der Waals surface area (Å²) in [4.78, 5) is 7.13. The Kier molecular flexibility index (Phi) is 3.52. The third kappa shape index (κ3) is 2.38. The fourth-order valence-electron chi connectivity index (χ4n) is 2.19. The molecule has 2 aromatic heterocycles. The number of nitrogens with zero attached hydrogens (tertiary/aromatic N) is 2. The van der Waals surface area contributed by atoms with Crippen LogP contribution in [0.25, 0.3) is 11.0 Å². The summed E-state index contributed by atoms with van der Waals surface area (Å²) in [6.07, 6.45) is 0. The maximum atomic E-state index is 6.30.